The third-order valence-corrected chi connectivity index (χ3v) is 8.63. The molecule has 0 aliphatic carbocycles. The molecule has 228 valence electrons. The standard InChI is InChI=1S/C34H42Cl2N2O3.ClH/c1-5-6-18-37(4)34(40)32(26-13-15-29(35)30(36)21-26)27-12-14-28(31(22-27)41-23(2)3)24-16-19-38(20-17-24)33(39)25-10-8-7-9-11-25;/h7-15,21-24,32-33,39H,5-6,16-20H2,1-4H3;1H. The number of carbonyl (C=O) groups is 1. The topological polar surface area (TPSA) is 53.0 Å². The molecule has 1 heterocycles. The lowest BCUT2D eigenvalue weighted by atomic mass is 9.84. The van der Waals surface area contributed by atoms with Crippen molar-refractivity contribution in [1.82, 2.24) is 9.80 Å². The van der Waals surface area contributed by atoms with Crippen molar-refractivity contribution in [3.05, 3.63) is 99.0 Å². The van der Waals surface area contributed by atoms with Gasteiger partial charge in [0.05, 0.1) is 22.1 Å². The van der Waals surface area contributed by atoms with Crippen LogP contribution in [-0.4, -0.2) is 53.6 Å². The molecule has 8 heteroatoms. The Morgan fingerprint density at radius 1 is 0.976 bits per heavy atom. The minimum absolute atomic E-state index is 0. The molecular weight excluding hydrogens is 591 g/mol. The zero-order valence-electron chi connectivity index (χ0n) is 24.9. The number of aliphatic hydroxyl groups excluding tert-OH is 1. The number of nitrogens with zero attached hydrogens (tertiary/aromatic N) is 2. The van der Waals surface area contributed by atoms with Crippen LogP contribution in [-0.2, 0) is 4.79 Å². The van der Waals surface area contributed by atoms with E-state index in [1.165, 1.54) is 0 Å². The van der Waals surface area contributed by atoms with Gasteiger partial charge in [0.1, 0.15) is 12.0 Å². The summed E-state index contributed by atoms with van der Waals surface area (Å²) in [6.07, 6.45) is 3.15. The number of piperidine rings is 1. The van der Waals surface area contributed by atoms with Gasteiger partial charge in [-0.3, -0.25) is 9.69 Å². The van der Waals surface area contributed by atoms with Gasteiger partial charge in [0.15, 0.2) is 0 Å². The summed E-state index contributed by atoms with van der Waals surface area (Å²) in [4.78, 5) is 17.8. The number of likely N-dealkylation sites (tertiary alicyclic amines) is 1. The summed E-state index contributed by atoms with van der Waals surface area (Å²) in [5.74, 6) is 0.596. The lowest BCUT2D eigenvalue weighted by Crippen LogP contribution is -2.36. The zero-order valence-corrected chi connectivity index (χ0v) is 27.3. The number of likely N-dealkylation sites (N-methyl/N-ethyl adjacent to an activating group) is 1. The Kier molecular flexibility index (Phi) is 13.0. The Morgan fingerprint density at radius 3 is 2.24 bits per heavy atom. The molecule has 1 saturated heterocycles. The predicted molar refractivity (Wildman–Crippen MR) is 175 cm³/mol. The average molecular weight is 634 g/mol. The molecule has 2 atom stereocenters. The van der Waals surface area contributed by atoms with E-state index in [4.69, 9.17) is 27.9 Å². The second-order valence-corrected chi connectivity index (χ2v) is 12.1. The van der Waals surface area contributed by atoms with E-state index in [1.807, 2.05) is 63.4 Å². The van der Waals surface area contributed by atoms with Crippen LogP contribution in [0.4, 0.5) is 0 Å². The number of hydrogen-bond acceptors (Lipinski definition) is 4. The first kappa shape index (κ1) is 34.2. The maximum Gasteiger partial charge on any atom is 0.234 e. The van der Waals surface area contributed by atoms with Crippen molar-refractivity contribution in [3.63, 3.8) is 0 Å². The van der Waals surface area contributed by atoms with Gasteiger partial charge in [0, 0.05) is 26.7 Å². The lowest BCUT2D eigenvalue weighted by molar-refractivity contribution is -0.130. The van der Waals surface area contributed by atoms with Crippen molar-refractivity contribution in [2.45, 2.75) is 70.6 Å². The first-order chi connectivity index (χ1) is 19.7. The molecule has 4 rings (SSSR count). The Balaban J connectivity index is 0.00000484. The summed E-state index contributed by atoms with van der Waals surface area (Å²) < 4.78 is 6.38. The van der Waals surface area contributed by atoms with Crippen molar-refractivity contribution < 1.29 is 14.6 Å². The molecule has 0 spiro atoms. The summed E-state index contributed by atoms with van der Waals surface area (Å²) in [6.45, 7) is 8.43. The first-order valence-corrected chi connectivity index (χ1v) is 15.4. The van der Waals surface area contributed by atoms with Gasteiger partial charge in [-0.05, 0) is 79.5 Å². The number of amides is 1. The first-order valence-electron chi connectivity index (χ1n) is 14.7. The maximum atomic E-state index is 13.9. The molecule has 1 amide bonds. The molecule has 3 aromatic rings. The van der Waals surface area contributed by atoms with Gasteiger partial charge >= 0.3 is 0 Å². The number of hydrogen-bond donors (Lipinski definition) is 1. The summed E-state index contributed by atoms with van der Waals surface area (Å²) in [5.41, 5.74) is 3.74. The third-order valence-electron chi connectivity index (χ3n) is 7.89. The molecule has 0 aromatic heterocycles. The quantitative estimate of drug-likeness (QED) is 0.230. The fraction of sp³-hybridized carbons (Fsp3) is 0.441. The highest BCUT2D eigenvalue weighted by Gasteiger charge is 2.30. The fourth-order valence-electron chi connectivity index (χ4n) is 5.61. The zero-order chi connectivity index (χ0) is 29.5. The second kappa shape index (κ2) is 16.0. The van der Waals surface area contributed by atoms with Gasteiger partial charge in [0.25, 0.3) is 0 Å². The van der Waals surface area contributed by atoms with Crippen LogP contribution < -0.4 is 4.74 Å². The van der Waals surface area contributed by atoms with Crippen LogP contribution in [0.2, 0.25) is 10.0 Å². The van der Waals surface area contributed by atoms with Crippen LogP contribution in [0.1, 0.15) is 86.8 Å². The molecule has 0 saturated carbocycles. The second-order valence-electron chi connectivity index (χ2n) is 11.3. The SMILES string of the molecule is CCCCN(C)C(=O)C(c1ccc(Cl)c(Cl)c1)c1ccc(C2CCN(C(O)c3ccccc3)CC2)c(OC(C)C)c1.Cl. The smallest absolute Gasteiger partial charge is 0.234 e. The van der Waals surface area contributed by atoms with Crippen LogP contribution >= 0.6 is 35.6 Å². The fourth-order valence-corrected chi connectivity index (χ4v) is 5.92. The molecule has 5 nitrogen and oxygen atoms in total. The van der Waals surface area contributed by atoms with E-state index in [-0.39, 0.29) is 24.4 Å². The van der Waals surface area contributed by atoms with E-state index in [1.54, 1.807) is 17.0 Å². The van der Waals surface area contributed by atoms with Crippen LogP contribution in [0.3, 0.4) is 0 Å². The summed E-state index contributed by atoms with van der Waals surface area (Å²) in [5, 5.41) is 11.8. The number of rotatable bonds is 11. The molecule has 1 aliphatic rings. The number of ether oxygens (including phenoxy) is 1. The Labute approximate surface area is 267 Å². The van der Waals surface area contributed by atoms with Crippen LogP contribution in [0.5, 0.6) is 5.75 Å². The predicted octanol–water partition coefficient (Wildman–Crippen LogP) is 8.46. The number of carbonyl (C=O) groups excluding carboxylic acids is 1. The van der Waals surface area contributed by atoms with E-state index < -0.39 is 12.1 Å². The molecule has 1 aliphatic heterocycles. The number of benzene rings is 3. The highest BCUT2D eigenvalue weighted by Crippen LogP contribution is 2.40. The average Bonchev–Trinajstić information content (AvgIpc) is 2.98. The minimum atomic E-state index is -0.603. The van der Waals surface area contributed by atoms with E-state index in [0.29, 0.717) is 22.5 Å². The molecule has 0 radical (unpaired) electrons. The van der Waals surface area contributed by atoms with Gasteiger partial charge in [-0.15, -0.1) is 12.4 Å². The number of unbranched alkanes of at least 4 members (excludes halogenated alkanes) is 1. The van der Waals surface area contributed by atoms with E-state index in [0.717, 1.165) is 66.8 Å². The van der Waals surface area contributed by atoms with Crippen molar-refractivity contribution >= 4 is 41.5 Å². The van der Waals surface area contributed by atoms with Gasteiger partial charge in [-0.1, -0.05) is 85.1 Å². The maximum absolute atomic E-state index is 13.9. The lowest BCUT2D eigenvalue weighted by Gasteiger charge is -2.36. The summed E-state index contributed by atoms with van der Waals surface area (Å²) >= 11 is 12.6. The molecule has 42 heavy (non-hydrogen) atoms. The van der Waals surface area contributed by atoms with Crippen LogP contribution in [0.15, 0.2) is 66.7 Å². The highest BCUT2D eigenvalue weighted by molar-refractivity contribution is 6.42. The van der Waals surface area contributed by atoms with Crippen molar-refractivity contribution in [2.24, 2.45) is 0 Å². The Morgan fingerprint density at radius 2 is 1.62 bits per heavy atom. The van der Waals surface area contributed by atoms with Gasteiger partial charge < -0.3 is 14.7 Å². The Hall–Kier alpha value is -2.28. The third kappa shape index (κ3) is 8.42. The molecular formula is C34H43Cl3N2O3. The molecule has 3 aromatic carbocycles. The molecule has 1 N–H and O–H groups in total. The van der Waals surface area contributed by atoms with Crippen LogP contribution in [0, 0.1) is 0 Å². The van der Waals surface area contributed by atoms with E-state index in [2.05, 4.69) is 24.0 Å². The number of halogens is 3. The van der Waals surface area contributed by atoms with Gasteiger partial charge in [-0.2, -0.15) is 0 Å². The van der Waals surface area contributed by atoms with E-state index >= 15 is 0 Å². The van der Waals surface area contributed by atoms with Crippen molar-refractivity contribution in [1.29, 1.82) is 0 Å². The van der Waals surface area contributed by atoms with Gasteiger partial charge in [0.2, 0.25) is 5.91 Å². The summed E-state index contributed by atoms with van der Waals surface area (Å²) in [7, 11) is 1.86. The minimum Gasteiger partial charge on any atom is -0.491 e. The monoisotopic (exact) mass is 632 g/mol. The van der Waals surface area contributed by atoms with Crippen molar-refractivity contribution in [3.8, 4) is 5.75 Å². The number of aliphatic hydroxyl groups is 1. The van der Waals surface area contributed by atoms with Gasteiger partial charge in [-0.25, -0.2) is 0 Å². The van der Waals surface area contributed by atoms with Crippen molar-refractivity contribution in [2.75, 3.05) is 26.7 Å². The largest absolute Gasteiger partial charge is 0.491 e. The molecule has 0 bridgehead atoms. The molecule has 2 unspecified atom stereocenters. The normalized spacial score (nSPS) is 15.6. The van der Waals surface area contributed by atoms with Crippen LogP contribution in [0.25, 0.3) is 0 Å². The highest BCUT2D eigenvalue weighted by atomic mass is 35.5. The van der Waals surface area contributed by atoms with E-state index in [9.17, 15) is 9.90 Å². The summed E-state index contributed by atoms with van der Waals surface area (Å²) in [6, 6.07) is 21.5. The molecule has 1 fully saturated rings. The Bertz CT molecular complexity index is 1300.